The standard InChI is InChI=1S/C9H6ClF3N4O/c1-4-2-7(17-16-4)18-6-3-5(9(11,12)13)14-8(10)15-6/h2-3H,1H3,(H,16,17). The van der Waals surface area contributed by atoms with E-state index in [0.29, 0.717) is 11.8 Å². The average Bonchev–Trinajstić information content (AvgIpc) is 2.61. The third kappa shape index (κ3) is 2.89. The molecule has 2 heterocycles. The fourth-order valence-electron chi connectivity index (χ4n) is 1.15. The minimum absolute atomic E-state index is 0.0930. The summed E-state index contributed by atoms with van der Waals surface area (Å²) in [6, 6.07) is 2.15. The SMILES string of the molecule is Cc1cc(Oc2cc(C(F)(F)F)nc(Cl)n2)n[nH]1. The Morgan fingerprint density at radius 2 is 1.94 bits per heavy atom. The number of alkyl halides is 3. The summed E-state index contributed by atoms with van der Waals surface area (Å²) in [7, 11) is 0. The van der Waals surface area contributed by atoms with E-state index >= 15 is 0 Å². The van der Waals surface area contributed by atoms with Gasteiger partial charge in [-0.15, -0.1) is 5.10 Å². The first kappa shape index (κ1) is 12.6. The van der Waals surface area contributed by atoms with Crippen molar-refractivity contribution in [2.45, 2.75) is 13.1 Å². The fourth-order valence-corrected chi connectivity index (χ4v) is 1.32. The van der Waals surface area contributed by atoms with Gasteiger partial charge in [-0.3, -0.25) is 5.10 Å². The van der Waals surface area contributed by atoms with E-state index in [2.05, 4.69) is 20.2 Å². The van der Waals surface area contributed by atoms with Crippen LogP contribution in [0.1, 0.15) is 11.4 Å². The second kappa shape index (κ2) is 4.45. The van der Waals surface area contributed by atoms with E-state index < -0.39 is 17.2 Å². The predicted octanol–water partition coefficient (Wildman–Crippen LogP) is 2.97. The Kier molecular flexibility index (Phi) is 3.12. The van der Waals surface area contributed by atoms with Crippen molar-refractivity contribution in [3.63, 3.8) is 0 Å². The Morgan fingerprint density at radius 1 is 1.22 bits per heavy atom. The number of aryl methyl sites for hydroxylation is 1. The Labute approximate surface area is 104 Å². The molecular formula is C9H6ClF3N4O. The van der Waals surface area contributed by atoms with Crippen LogP contribution in [0, 0.1) is 6.92 Å². The van der Waals surface area contributed by atoms with Crippen molar-refractivity contribution in [1.29, 1.82) is 0 Å². The highest BCUT2D eigenvalue weighted by Gasteiger charge is 2.34. The summed E-state index contributed by atoms with van der Waals surface area (Å²) in [6.45, 7) is 1.72. The molecule has 0 fully saturated rings. The van der Waals surface area contributed by atoms with Gasteiger partial charge >= 0.3 is 6.18 Å². The molecule has 0 spiro atoms. The van der Waals surface area contributed by atoms with Gasteiger partial charge in [0.15, 0.2) is 5.69 Å². The van der Waals surface area contributed by atoms with Gasteiger partial charge in [-0.05, 0) is 18.5 Å². The van der Waals surface area contributed by atoms with Crippen LogP contribution in [0.25, 0.3) is 0 Å². The smallest absolute Gasteiger partial charge is 0.419 e. The van der Waals surface area contributed by atoms with E-state index in [1.165, 1.54) is 6.07 Å². The van der Waals surface area contributed by atoms with Crippen LogP contribution in [-0.2, 0) is 6.18 Å². The van der Waals surface area contributed by atoms with Gasteiger partial charge in [0, 0.05) is 17.8 Å². The van der Waals surface area contributed by atoms with Gasteiger partial charge in [0.25, 0.3) is 0 Å². The maximum Gasteiger partial charge on any atom is 0.433 e. The molecule has 0 saturated carbocycles. The van der Waals surface area contributed by atoms with Crippen LogP contribution in [0.5, 0.6) is 11.8 Å². The van der Waals surface area contributed by atoms with Gasteiger partial charge < -0.3 is 4.74 Å². The number of H-pyrrole nitrogens is 1. The number of hydrogen-bond acceptors (Lipinski definition) is 4. The van der Waals surface area contributed by atoms with Crippen molar-refractivity contribution in [2.75, 3.05) is 0 Å². The average molecular weight is 279 g/mol. The summed E-state index contributed by atoms with van der Waals surface area (Å²) in [6.07, 6.45) is -4.62. The van der Waals surface area contributed by atoms with Crippen LogP contribution in [0.3, 0.4) is 0 Å². The van der Waals surface area contributed by atoms with Gasteiger partial charge in [0.05, 0.1) is 0 Å². The molecule has 1 N–H and O–H groups in total. The van der Waals surface area contributed by atoms with Crippen molar-refractivity contribution in [3.8, 4) is 11.8 Å². The number of aromatic nitrogens is 4. The molecule has 0 aliphatic carbocycles. The largest absolute Gasteiger partial charge is 0.433 e. The lowest BCUT2D eigenvalue weighted by atomic mass is 10.4. The summed E-state index contributed by atoms with van der Waals surface area (Å²) in [4.78, 5) is 6.60. The molecule has 0 bridgehead atoms. The molecule has 0 unspecified atom stereocenters. The molecule has 2 rings (SSSR count). The number of aromatic amines is 1. The van der Waals surface area contributed by atoms with E-state index in [4.69, 9.17) is 16.3 Å². The Bertz CT molecular complexity index is 569. The van der Waals surface area contributed by atoms with Crippen LogP contribution in [0.15, 0.2) is 12.1 Å². The highest BCUT2D eigenvalue weighted by Crippen LogP contribution is 2.31. The molecule has 9 heteroatoms. The number of rotatable bonds is 2. The number of nitrogens with one attached hydrogen (secondary N) is 1. The van der Waals surface area contributed by atoms with Crippen LogP contribution in [-0.4, -0.2) is 20.2 Å². The molecular weight excluding hydrogens is 273 g/mol. The highest BCUT2D eigenvalue weighted by molar-refractivity contribution is 6.28. The van der Waals surface area contributed by atoms with E-state index in [-0.39, 0.29) is 11.8 Å². The van der Waals surface area contributed by atoms with Crippen LogP contribution in [0.2, 0.25) is 5.28 Å². The topological polar surface area (TPSA) is 63.7 Å². The maximum absolute atomic E-state index is 12.5. The van der Waals surface area contributed by atoms with Crippen LogP contribution >= 0.6 is 11.6 Å². The van der Waals surface area contributed by atoms with E-state index in [1.807, 2.05) is 0 Å². The number of nitrogens with zero attached hydrogens (tertiary/aromatic N) is 3. The first-order chi connectivity index (χ1) is 8.34. The van der Waals surface area contributed by atoms with Crippen molar-refractivity contribution >= 4 is 11.6 Å². The lowest BCUT2D eigenvalue weighted by Gasteiger charge is -2.07. The monoisotopic (exact) mass is 278 g/mol. The second-order valence-electron chi connectivity index (χ2n) is 3.35. The summed E-state index contributed by atoms with van der Waals surface area (Å²) < 4.78 is 42.4. The normalized spacial score (nSPS) is 11.6. The Morgan fingerprint density at radius 3 is 2.50 bits per heavy atom. The zero-order valence-electron chi connectivity index (χ0n) is 8.92. The van der Waals surface area contributed by atoms with E-state index in [1.54, 1.807) is 6.92 Å². The van der Waals surface area contributed by atoms with E-state index in [0.717, 1.165) is 0 Å². The maximum atomic E-state index is 12.5. The molecule has 0 aliphatic rings. The molecule has 0 atom stereocenters. The van der Waals surface area contributed by atoms with Gasteiger partial charge in [-0.2, -0.15) is 18.2 Å². The summed E-state index contributed by atoms with van der Waals surface area (Å²) in [5, 5.41) is 5.73. The van der Waals surface area contributed by atoms with Crippen LogP contribution in [0.4, 0.5) is 13.2 Å². The number of hydrogen-bond donors (Lipinski definition) is 1. The minimum atomic E-state index is -4.62. The minimum Gasteiger partial charge on any atom is -0.419 e. The van der Waals surface area contributed by atoms with E-state index in [9.17, 15) is 13.2 Å². The van der Waals surface area contributed by atoms with Gasteiger partial charge in [-0.1, -0.05) is 0 Å². The van der Waals surface area contributed by atoms with Crippen LogP contribution < -0.4 is 4.74 Å². The number of ether oxygens (including phenoxy) is 1. The molecule has 0 radical (unpaired) electrons. The highest BCUT2D eigenvalue weighted by atomic mass is 35.5. The Balaban J connectivity index is 2.31. The molecule has 2 aromatic rings. The van der Waals surface area contributed by atoms with Crippen molar-refractivity contribution in [3.05, 3.63) is 28.8 Å². The summed E-state index contributed by atoms with van der Waals surface area (Å²) >= 11 is 5.40. The zero-order chi connectivity index (χ0) is 13.3. The molecule has 0 aliphatic heterocycles. The summed E-state index contributed by atoms with van der Waals surface area (Å²) in [5.41, 5.74) is -0.481. The molecule has 0 aromatic carbocycles. The first-order valence-electron chi connectivity index (χ1n) is 4.66. The predicted molar refractivity (Wildman–Crippen MR) is 55.4 cm³/mol. The second-order valence-corrected chi connectivity index (χ2v) is 3.69. The third-order valence-electron chi connectivity index (χ3n) is 1.86. The van der Waals surface area contributed by atoms with Gasteiger partial charge in [-0.25, -0.2) is 4.98 Å². The fraction of sp³-hybridized carbons (Fsp3) is 0.222. The molecule has 5 nitrogen and oxygen atoms in total. The molecule has 0 saturated heterocycles. The molecule has 96 valence electrons. The van der Waals surface area contributed by atoms with Gasteiger partial charge in [0.1, 0.15) is 0 Å². The lowest BCUT2D eigenvalue weighted by molar-refractivity contribution is -0.141. The van der Waals surface area contributed by atoms with Crippen molar-refractivity contribution < 1.29 is 17.9 Å². The quantitative estimate of drug-likeness (QED) is 0.858. The van der Waals surface area contributed by atoms with Crippen molar-refractivity contribution in [2.24, 2.45) is 0 Å². The zero-order valence-corrected chi connectivity index (χ0v) is 9.67. The van der Waals surface area contributed by atoms with Crippen molar-refractivity contribution in [1.82, 2.24) is 20.2 Å². The Hall–Kier alpha value is -1.83. The molecule has 18 heavy (non-hydrogen) atoms. The molecule has 2 aromatic heterocycles. The lowest BCUT2D eigenvalue weighted by Crippen LogP contribution is -2.09. The summed E-state index contributed by atoms with van der Waals surface area (Å²) in [5.74, 6) is -0.232. The third-order valence-corrected chi connectivity index (χ3v) is 2.03. The number of halogens is 4. The molecule has 0 amide bonds. The van der Waals surface area contributed by atoms with Gasteiger partial charge in [0.2, 0.25) is 17.0 Å². The first-order valence-corrected chi connectivity index (χ1v) is 5.04.